The molecule has 0 amide bonds. The van der Waals surface area contributed by atoms with Crippen LogP contribution in [-0.2, 0) is 12.8 Å². The van der Waals surface area contributed by atoms with Crippen LogP contribution >= 0.6 is 0 Å². The number of anilines is 1. The number of fused-ring (bicyclic) bond motifs is 8. The van der Waals surface area contributed by atoms with Crippen LogP contribution in [0.2, 0.25) is 0 Å². The molecule has 2 aromatic carbocycles. The first-order valence-electron chi connectivity index (χ1n) is 13.3. The molecule has 0 radical (unpaired) electrons. The number of aromatic amines is 2. The molecule has 8 bridgehead atoms. The fraction of sp³-hybridized carbons (Fsp3) is 0.0909. The van der Waals surface area contributed by atoms with Gasteiger partial charge >= 0.3 is 0 Å². The van der Waals surface area contributed by atoms with Crippen molar-refractivity contribution in [1.29, 1.82) is 0 Å². The third-order valence-electron chi connectivity index (χ3n) is 7.50. The molecule has 202 valence electrons. The number of nitrogens with zero attached hydrogens (tertiary/aromatic N) is 2. The van der Waals surface area contributed by atoms with Crippen LogP contribution in [0, 0.1) is 0 Å². The minimum absolute atomic E-state index is 0.235. The van der Waals surface area contributed by atoms with E-state index in [-0.39, 0.29) is 11.5 Å². The number of nitrogen functional groups attached to an aromatic ring is 1. The van der Waals surface area contributed by atoms with Gasteiger partial charge in [-0.05, 0) is 84.7 Å². The van der Waals surface area contributed by atoms with E-state index in [2.05, 4.69) is 9.97 Å². The van der Waals surface area contributed by atoms with Crippen LogP contribution < -0.4 is 10.5 Å². The number of methoxy groups -OCH3 is 1. The molecular weight excluding hydrogens is 514 g/mol. The number of nitrogens with two attached hydrogens (primary N) is 1. The van der Waals surface area contributed by atoms with Gasteiger partial charge in [0.25, 0.3) is 0 Å². The molecule has 0 saturated carbocycles. The van der Waals surface area contributed by atoms with E-state index in [4.69, 9.17) is 20.4 Å². The van der Waals surface area contributed by atoms with Gasteiger partial charge in [0.05, 0.1) is 35.2 Å². The van der Waals surface area contributed by atoms with Crippen LogP contribution in [0.5, 0.6) is 17.2 Å². The number of benzene rings is 2. The molecule has 0 fully saturated rings. The van der Waals surface area contributed by atoms with Gasteiger partial charge in [-0.2, -0.15) is 0 Å². The minimum Gasteiger partial charge on any atom is -0.503 e. The van der Waals surface area contributed by atoms with Gasteiger partial charge in [0.2, 0.25) is 0 Å². The lowest BCUT2D eigenvalue weighted by Crippen LogP contribution is -1.89. The number of hydrogen-bond acceptors (Lipinski definition) is 6. The molecule has 2 aliphatic rings. The van der Waals surface area contributed by atoms with E-state index in [0.717, 1.165) is 62.5 Å². The fourth-order valence-electron chi connectivity index (χ4n) is 5.47. The smallest absolute Gasteiger partial charge is 0.184 e. The number of aryl methyl sites for hydroxylation is 2. The molecule has 5 aromatic rings. The molecule has 0 aliphatic carbocycles. The zero-order valence-electron chi connectivity index (χ0n) is 22.3. The topological polar surface area (TPSA) is 133 Å². The summed E-state index contributed by atoms with van der Waals surface area (Å²) in [6, 6.07) is 23.1. The SMILES string of the molecule is COc1ccc(-c2c3nc(cc4ccc([nH]4)c(-c4ccc(N)cc4)c4nc(cc5[nH]c2c(O)c5O)C=C4)CC3)cc1. The Morgan fingerprint density at radius 1 is 0.756 bits per heavy atom. The standard InChI is InChI=1S/C33H27N5O3/c1-41-24-11-4-19(5-12-24)30-27-15-9-22(36-27)16-21-8-13-25(35-21)29(18-2-6-20(34)7-3-18)26-14-10-23(37-26)17-28-32(39)33(40)31(30)38-28/h2-8,10-14,16-17,35,38-40H,9,15,34H2,1H3. The van der Waals surface area contributed by atoms with Crippen LogP contribution in [0.1, 0.15) is 22.8 Å². The second-order valence-corrected chi connectivity index (χ2v) is 10.1. The van der Waals surface area contributed by atoms with Crippen LogP contribution in [0.4, 0.5) is 5.69 Å². The molecule has 0 saturated heterocycles. The number of nitrogens with one attached hydrogen (secondary N) is 2. The molecule has 2 aliphatic heterocycles. The monoisotopic (exact) mass is 541 g/mol. The summed E-state index contributed by atoms with van der Waals surface area (Å²) < 4.78 is 5.35. The highest BCUT2D eigenvalue weighted by Crippen LogP contribution is 2.41. The highest BCUT2D eigenvalue weighted by molar-refractivity contribution is 5.94. The number of hydrogen-bond donors (Lipinski definition) is 5. The maximum Gasteiger partial charge on any atom is 0.184 e. The van der Waals surface area contributed by atoms with Crippen molar-refractivity contribution in [2.75, 3.05) is 12.8 Å². The molecule has 3 aromatic heterocycles. The summed E-state index contributed by atoms with van der Waals surface area (Å²) >= 11 is 0. The summed E-state index contributed by atoms with van der Waals surface area (Å²) in [4.78, 5) is 16.7. The Morgan fingerprint density at radius 2 is 1.51 bits per heavy atom. The first kappa shape index (κ1) is 24.5. The lowest BCUT2D eigenvalue weighted by Gasteiger charge is -2.06. The number of rotatable bonds is 3. The Labute approximate surface area is 235 Å². The van der Waals surface area contributed by atoms with Crippen LogP contribution in [-0.4, -0.2) is 37.3 Å². The zero-order valence-corrected chi connectivity index (χ0v) is 22.3. The highest BCUT2D eigenvalue weighted by Gasteiger charge is 2.20. The van der Waals surface area contributed by atoms with E-state index < -0.39 is 0 Å². The van der Waals surface area contributed by atoms with Gasteiger partial charge in [-0.3, -0.25) is 4.98 Å². The maximum absolute atomic E-state index is 11.1. The third kappa shape index (κ3) is 4.35. The lowest BCUT2D eigenvalue weighted by molar-refractivity contribution is 0.414. The van der Waals surface area contributed by atoms with Gasteiger partial charge in [-0.15, -0.1) is 0 Å². The number of aromatic nitrogens is 4. The summed E-state index contributed by atoms with van der Waals surface area (Å²) in [7, 11) is 1.62. The Morgan fingerprint density at radius 3 is 2.29 bits per heavy atom. The molecule has 7 rings (SSSR count). The molecule has 0 unspecified atom stereocenters. The first-order valence-corrected chi connectivity index (χ1v) is 13.3. The molecule has 6 N–H and O–H groups in total. The van der Waals surface area contributed by atoms with Gasteiger partial charge in [-0.1, -0.05) is 24.3 Å². The molecular formula is C33H27N5O3. The van der Waals surface area contributed by atoms with E-state index >= 15 is 0 Å². The normalized spacial score (nSPS) is 12.5. The summed E-state index contributed by atoms with van der Waals surface area (Å²) in [6.45, 7) is 0. The number of ether oxygens (including phenoxy) is 1. The summed E-state index contributed by atoms with van der Waals surface area (Å²) in [6.07, 6.45) is 5.23. The van der Waals surface area contributed by atoms with Crippen molar-refractivity contribution in [2.24, 2.45) is 0 Å². The van der Waals surface area contributed by atoms with Gasteiger partial charge in [0.1, 0.15) is 5.75 Å². The molecule has 0 atom stereocenters. The Balaban J connectivity index is 1.58. The summed E-state index contributed by atoms with van der Waals surface area (Å²) in [5.74, 6) is 0.242. The number of H-pyrrole nitrogens is 2. The van der Waals surface area contributed by atoms with Crippen molar-refractivity contribution < 1.29 is 14.9 Å². The van der Waals surface area contributed by atoms with Crippen LogP contribution in [0.15, 0.2) is 72.8 Å². The lowest BCUT2D eigenvalue weighted by atomic mass is 10.0. The maximum atomic E-state index is 11.1. The van der Waals surface area contributed by atoms with Gasteiger partial charge in [-0.25, -0.2) is 4.98 Å². The minimum atomic E-state index is -0.245. The second-order valence-electron chi connectivity index (χ2n) is 10.1. The van der Waals surface area contributed by atoms with Gasteiger partial charge < -0.3 is 30.7 Å². The Bertz CT molecular complexity index is 2000. The van der Waals surface area contributed by atoms with Crippen molar-refractivity contribution >= 4 is 39.9 Å². The second kappa shape index (κ2) is 9.60. The van der Waals surface area contributed by atoms with Gasteiger partial charge in [0.15, 0.2) is 11.5 Å². The van der Waals surface area contributed by atoms with E-state index in [1.165, 1.54) is 0 Å². The predicted octanol–water partition coefficient (Wildman–Crippen LogP) is 6.61. The van der Waals surface area contributed by atoms with E-state index in [1.54, 1.807) is 13.2 Å². The average molecular weight is 542 g/mol. The van der Waals surface area contributed by atoms with Crippen molar-refractivity contribution in [3.63, 3.8) is 0 Å². The fourth-order valence-corrected chi connectivity index (χ4v) is 5.47. The van der Waals surface area contributed by atoms with Crippen LogP contribution in [0.25, 0.3) is 56.5 Å². The van der Waals surface area contributed by atoms with E-state index in [9.17, 15) is 10.2 Å². The van der Waals surface area contributed by atoms with Crippen molar-refractivity contribution in [3.05, 3.63) is 95.6 Å². The Kier molecular flexibility index (Phi) is 5.75. The quantitative estimate of drug-likeness (QED) is 0.160. The Hall–Kier alpha value is -5.50. The van der Waals surface area contributed by atoms with Gasteiger partial charge in [0, 0.05) is 33.5 Å². The van der Waals surface area contributed by atoms with Crippen molar-refractivity contribution in [3.8, 4) is 39.5 Å². The summed E-state index contributed by atoms with van der Waals surface area (Å²) in [5, 5.41) is 22.1. The molecule has 5 heterocycles. The molecule has 8 heteroatoms. The summed E-state index contributed by atoms with van der Waals surface area (Å²) in [5.41, 5.74) is 15.8. The molecule has 41 heavy (non-hydrogen) atoms. The van der Waals surface area contributed by atoms with Crippen LogP contribution in [0.3, 0.4) is 0 Å². The zero-order chi connectivity index (χ0) is 28.1. The number of aromatic hydroxyl groups is 2. The van der Waals surface area contributed by atoms with Crippen molar-refractivity contribution in [2.45, 2.75) is 12.8 Å². The third-order valence-corrected chi connectivity index (χ3v) is 7.50. The molecule has 8 nitrogen and oxygen atoms in total. The largest absolute Gasteiger partial charge is 0.503 e. The first-order chi connectivity index (χ1) is 20.0. The van der Waals surface area contributed by atoms with Crippen molar-refractivity contribution in [1.82, 2.24) is 19.9 Å². The highest BCUT2D eigenvalue weighted by atomic mass is 16.5. The molecule has 0 spiro atoms. The van der Waals surface area contributed by atoms with E-state index in [1.807, 2.05) is 78.9 Å². The average Bonchev–Trinajstić information content (AvgIpc) is 3.79. The van der Waals surface area contributed by atoms with E-state index in [0.29, 0.717) is 28.8 Å². The predicted molar refractivity (Wildman–Crippen MR) is 163 cm³/mol.